The van der Waals surface area contributed by atoms with Crippen LogP contribution in [0, 0.1) is 6.92 Å². The van der Waals surface area contributed by atoms with Crippen molar-refractivity contribution in [2.75, 3.05) is 13.7 Å². The van der Waals surface area contributed by atoms with Gasteiger partial charge in [-0.25, -0.2) is 0 Å². The minimum Gasteiger partial charge on any atom is -0.497 e. The van der Waals surface area contributed by atoms with Crippen molar-refractivity contribution in [3.63, 3.8) is 0 Å². The van der Waals surface area contributed by atoms with E-state index in [9.17, 15) is 0 Å². The Balaban J connectivity index is 2.42. The van der Waals surface area contributed by atoms with Gasteiger partial charge in [0.1, 0.15) is 5.75 Å². The standard InChI is InChI=1S/C15H18ClNOS/c1-4-17-14(15-13(16)7-8-19-15)12-6-5-11(18-3)9-10(12)2/h5-9,14,17H,4H2,1-3H3. The van der Waals surface area contributed by atoms with Gasteiger partial charge in [0.2, 0.25) is 0 Å². The summed E-state index contributed by atoms with van der Waals surface area (Å²) < 4.78 is 5.26. The largest absolute Gasteiger partial charge is 0.497 e. The maximum absolute atomic E-state index is 6.28. The van der Waals surface area contributed by atoms with E-state index in [1.54, 1.807) is 18.4 Å². The molecule has 0 spiro atoms. The minimum atomic E-state index is 0.142. The van der Waals surface area contributed by atoms with Gasteiger partial charge in [0.25, 0.3) is 0 Å². The number of hydrogen-bond donors (Lipinski definition) is 1. The lowest BCUT2D eigenvalue weighted by Crippen LogP contribution is -2.22. The zero-order chi connectivity index (χ0) is 13.8. The molecule has 19 heavy (non-hydrogen) atoms. The van der Waals surface area contributed by atoms with Crippen LogP contribution < -0.4 is 10.1 Å². The molecule has 2 nitrogen and oxygen atoms in total. The van der Waals surface area contributed by atoms with E-state index in [1.165, 1.54) is 11.1 Å². The molecule has 0 aliphatic carbocycles. The molecule has 0 aliphatic rings. The van der Waals surface area contributed by atoms with Crippen molar-refractivity contribution in [3.8, 4) is 5.75 Å². The molecular weight excluding hydrogens is 278 g/mol. The lowest BCUT2D eigenvalue weighted by molar-refractivity contribution is 0.414. The van der Waals surface area contributed by atoms with E-state index in [-0.39, 0.29) is 6.04 Å². The van der Waals surface area contributed by atoms with Crippen LogP contribution in [0.2, 0.25) is 5.02 Å². The molecule has 0 bridgehead atoms. The van der Waals surface area contributed by atoms with Crippen LogP contribution in [0.1, 0.15) is 29.0 Å². The third kappa shape index (κ3) is 3.11. The SMILES string of the molecule is CCNC(c1ccc(OC)cc1C)c1sccc1Cl. The molecule has 1 unspecified atom stereocenters. The fraction of sp³-hybridized carbons (Fsp3) is 0.333. The third-order valence-electron chi connectivity index (χ3n) is 3.10. The lowest BCUT2D eigenvalue weighted by Gasteiger charge is -2.20. The van der Waals surface area contributed by atoms with Gasteiger partial charge in [-0.3, -0.25) is 0 Å². The maximum atomic E-state index is 6.28. The molecule has 1 aromatic heterocycles. The summed E-state index contributed by atoms with van der Waals surface area (Å²) >= 11 is 7.96. The van der Waals surface area contributed by atoms with Crippen molar-refractivity contribution < 1.29 is 4.74 Å². The Hall–Kier alpha value is -1.03. The number of benzene rings is 1. The van der Waals surface area contributed by atoms with E-state index >= 15 is 0 Å². The molecule has 1 N–H and O–H groups in total. The fourth-order valence-corrected chi connectivity index (χ4v) is 3.42. The average molecular weight is 296 g/mol. The molecule has 2 aromatic rings. The van der Waals surface area contributed by atoms with Crippen LogP contribution in [0.3, 0.4) is 0 Å². The molecule has 2 rings (SSSR count). The molecule has 1 heterocycles. The van der Waals surface area contributed by atoms with Gasteiger partial charge in [0.15, 0.2) is 0 Å². The summed E-state index contributed by atoms with van der Waals surface area (Å²) in [5, 5.41) is 6.36. The summed E-state index contributed by atoms with van der Waals surface area (Å²) in [6.45, 7) is 5.10. The van der Waals surface area contributed by atoms with Crippen LogP contribution in [0.15, 0.2) is 29.6 Å². The molecule has 0 saturated heterocycles. The zero-order valence-corrected chi connectivity index (χ0v) is 12.9. The first-order valence-electron chi connectivity index (χ1n) is 6.28. The molecule has 0 radical (unpaired) electrons. The van der Waals surface area contributed by atoms with Crippen LogP contribution in [0.25, 0.3) is 0 Å². The average Bonchev–Trinajstić information content (AvgIpc) is 2.82. The summed E-state index contributed by atoms with van der Waals surface area (Å²) in [5.41, 5.74) is 2.45. The van der Waals surface area contributed by atoms with E-state index in [0.717, 1.165) is 22.2 Å². The van der Waals surface area contributed by atoms with Crippen molar-refractivity contribution in [2.45, 2.75) is 19.9 Å². The highest BCUT2D eigenvalue weighted by atomic mass is 35.5. The summed E-state index contributed by atoms with van der Waals surface area (Å²) in [7, 11) is 1.69. The molecule has 0 amide bonds. The number of rotatable bonds is 5. The number of thiophene rings is 1. The van der Waals surface area contributed by atoms with E-state index < -0.39 is 0 Å². The number of aryl methyl sites for hydroxylation is 1. The van der Waals surface area contributed by atoms with Gasteiger partial charge < -0.3 is 10.1 Å². The predicted molar refractivity (Wildman–Crippen MR) is 82.6 cm³/mol. The Labute approximate surface area is 123 Å². The van der Waals surface area contributed by atoms with Crippen molar-refractivity contribution >= 4 is 22.9 Å². The number of hydrogen-bond acceptors (Lipinski definition) is 3. The maximum Gasteiger partial charge on any atom is 0.119 e. The third-order valence-corrected chi connectivity index (χ3v) is 4.53. The zero-order valence-electron chi connectivity index (χ0n) is 11.4. The van der Waals surface area contributed by atoms with Gasteiger partial charge >= 0.3 is 0 Å². The van der Waals surface area contributed by atoms with Gasteiger partial charge in [0.05, 0.1) is 18.2 Å². The number of halogens is 1. The molecule has 0 saturated carbocycles. The molecule has 0 aliphatic heterocycles. The van der Waals surface area contributed by atoms with Crippen molar-refractivity contribution in [1.82, 2.24) is 5.32 Å². The molecule has 1 atom stereocenters. The van der Waals surface area contributed by atoms with Crippen LogP contribution >= 0.6 is 22.9 Å². The smallest absolute Gasteiger partial charge is 0.119 e. The number of methoxy groups -OCH3 is 1. The van der Waals surface area contributed by atoms with Crippen molar-refractivity contribution in [3.05, 3.63) is 50.7 Å². The molecule has 102 valence electrons. The first-order chi connectivity index (χ1) is 9.17. The second-order valence-electron chi connectivity index (χ2n) is 4.35. The van der Waals surface area contributed by atoms with E-state index in [2.05, 4.69) is 31.3 Å². The molecule has 4 heteroatoms. The first kappa shape index (κ1) is 14.4. The molecule has 1 aromatic carbocycles. The van der Waals surface area contributed by atoms with Crippen molar-refractivity contribution in [2.24, 2.45) is 0 Å². The number of ether oxygens (including phenoxy) is 1. The summed E-state index contributed by atoms with van der Waals surface area (Å²) in [6.07, 6.45) is 0. The Morgan fingerprint density at radius 1 is 1.37 bits per heavy atom. The van der Waals surface area contributed by atoms with Crippen LogP contribution in [0.5, 0.6) is 5.75 Å². The highest BCUT2D eigenvalue weighted by molar-refractivity contribution is 7.10. The topological polar surface area (TPSA) is 21.3 Å². The number of nitrogens with one attached hydrogen (secondary N) is 1. The van der Waals surface area contributed by atoms with E-state index in [1.807, 2.05) is 17.5 Å². The lowest BCUT2D eigenvalue weighted by atomic mass is 9.99. The Bertz CT molecular complexity index is 553. The highest BCUT2D eigenvalue weighted by Gasteiger charge is 2.19. The Kier molecular flexibility index (Phi) is 4.86. The van der Waals surface area contributed by atoms with Gasteiger partial charge in [0, 0.05) is 4.88 Å². The van der Waals surface area contributed by atoms with Crippen LogP contribution in [0.4, 0.5) is 0 Å². The Morgan fingerprint density at radius 3 is 2.68 bits per heavy atom. The van der Waals surface area contributed by atoms with Gasteiger partial charge in [-0.05, 0) is 48.2 Å². The second kappa shape index (κ2) is 6.42. The first-order valence-corrected chi connectivity index (χ1v) is 7.54. The van der Waals surface area contributed by atoms with Crippen LogP contribution in [-0.2, 0) is 0 Å². The Morgan fingerprint density at radius 2 is 2.16 bits per heavy atom. The van der Waals surface area contributed by atoms with E-state index in [4.69, 9.17) is 16.3 Å². The fourth-order valence-electron chi connectivity index (χ4n) is 2.16. The summed E-state index contributed by atoms with van der Waals surface area (Å²) in [6, 6.07) is 8.25. The molecule has 0 fully saturated rings. The van der Waals surface area contributed by atoms with Gasteiger partial charge in [-0.1, -0.05) is 24.6 Å². The highest BCUT2D eigenvalue weighted by Crippen LogP contribution is 2.35. The quantitative estimate of drug-likeness (QED) is 0.882. The van der Waals surface area contributed by atoms with Gasteiger partial charge in [-0.15, -0.1) is 11.3 Å². The predicted octanol–water partition coefficient (Wildman–Crippen LogP) is 4.42. The summed E-state index contributed by atoms with van der Waals surface area (Å²) in [4.78, 5) is 1.16. The van der Waals surface area contributed by atoms with Crippen molar-refractivity contribution in [1.29, 1.82) is 0 Å². The van der Waals surface area contributed by atoms with Gasteiger partial charge in [-0.2, -0.15) is 0 Å². The normalized spacial score (nSPS) is 12.4. The summed E-state index contributed by atoms with van der Waals surface area (Å²) in [5.74, 6) is 0.883. The van der Waals surface area contributed by atoms with Crippen LogP contribution in [-0.4, -0.2) is 13.7 Å². The minimum absolute atomic E-state index is 0.142. The molecular formula is C15H18ClNOS. The second-order valence-corrected chi connectivity index (χ2v) is 5.70. The van der Waals surface area contributed by atoms with E-state index in [0.29, 0.717) is 0 Å². The monoisotopic (exact) mass is 295 g/mol.